The van der Waals surface area contributed by atoms with E-state index < -0.39 is 48.3 Å². The van der Waals surface area contributed by atoms with E-state index in [2.05, 4.69) is 36.0 Å². The van der Waals surface area contributed by atoms with Crippen molar-refractivity contribution in [3.05, 3.63) is 28.2 Å². The molecule has 1 rings (SSSR count). The largest absolute Gasteiger partial charge is 0.573 e. The predicted molar refractivity (Wildman–Crippen MR) is 103 cm³/mol. The van der Waals surface area contributed by atoms with E-state index in [4.69, 9.17) is 4.74 Å². The highest BCUT2D eigenvalue weighted by Crippen LogP contribution is 2.30. The maximum atomic E-state index is 12.5. The molecule has 0 radical (unpaired) electrons. The van der Waals surface area contributed by atoms with Gasteiger partial charge >= 0.3 is 18.4 Å². The second kappa shape index (κ2) is 10.5. The van der Waals surface area contributed by atoms with Crippen LogP contribution >= 0.6 is 15.9 Å². The van der Waals surface area contributed by atoms with Crippen LogP contribution < -0.4 is 15.4 Å². The number of benzene rings is 1. The molecule has 168 valence electrons. The quantitative estimate of drug-likeness (QED) is 0.556. The minimum absolute atomic E-state index is 0.152. The van der Waals surface area contributed by atoms with Crippen LogP contribution in [0.5, 0.6) is 5.75 Å². The molecule has 2 amide bonds. The van der Waals surface area contributed by atoms with Crippen LogP contribution in [0.15, 0.2) is 22.7 Å². The zero-order valence-electron chi connectivity index (χ0n) is 16.7. The average Bonchev–Trinajstić information content (AvgIpc) is 2.55. The van der Waals surface area contributed by atoms with E-state index in [0.717, 1.165) is 19.2 Å². The van der Waals surface area contributed by atoms with Crippen molar-refractivity contribution in [3.8, 4) is 5.75 Å². The Morgan fingerprint density at radius 2 is 1.77 bits per heavy atom. The molecule has 1 aromatic carbocycles. The highest BCUT2D eigenvalue weighted by Gasteiger charge is 2.32. The smallest absolute Gasteiger partial charge is 0.469 e. The number of halogens is 4. The number of hydrogen-bond donors (Lipinski definition) is 2. The average molecular weight is 499 g/mol. The molecule has 2 N–H and O–H groups in total. The summed E-state index contributed by atoms with van der Waals surface area (Å²) in [6, 6.07) is 2.49. The first kappa shape index (κ1) is 25.5. The summed E-state index contributed by atoms with van der Waals surface area (Å²) in [5.41, 5.74) is -0.612. The number of carbonyl (C=O) groups is 3. The maximum absolute atomic E-state index is 12.5. The van der Waals surface area contributed by atoms with Crippen molar-refractivity contribution in [2.24, 2.45) is 0 Å². The summed E-state index contributed by atoms with van der Waals surface area (Å²) in [7, 11) is 1.13. The molecular formula is C18H22BrF3N2O6. The van der Waals surface area contributed by atoms with Crippen LogP contribution in [-0.2, 0) is 19.1 Å². The third kappa shape index (κ3) is 10.3. The Bertz CT molecular complexity index is 780. The van der Waals surface area contributed by atoms with Gasteiger partial charge in [0.2, 0.25) is 5.91 Å². The van der Waals surface area contributed by atoms with E-state index in [-0.39, 0.29) is 16.5 Å². The Kier molecular flexibility index (Phi) is 8.94. The van der Waals surface area contributed by atoms with Crippen LogP contribution in [0.25, 0.3) is 0 Å². The maximum Gasteiger partial charge on any atom is 0.573 e. The molecule has 0 saturated heterocycles. The Morgan fingerprint density at radius 3 is 2.30 bits per heavy atom. The van der Waals surface area contributed by atoms with Crippen LogP contribution in [0, 0.1) is 0 Å². The number of alkyl carbamates (subject to hydrolysis) is 1. The number of esters is 1. The number of nitrogens with one attached hydrogen (secondary N) is 2. The van der Waals surface area contributed by atoms with Gasteiger partial charge in [0.25, 0.3) is 0 Å². The van der Waals surface area contributed by atoms with Crippen molar-refractivity contribution in [2.75, 3.05) is 13.7 Å². The van der Waals surface area contributed by atoms with Crippen LogP contribution in [0.4, 0.5) is 18.0 Å². The number of amides is 2. The van der Waals surface area contributed by atoms with Crippen LogP contribution in [0.2, 0.25) is 0 Å². The van der Waals surface area contributed by atoms with Gasteiger partial charge in [0.05, 0.1) is 19.6 Å². The van der Waals surface area contributed by atoms with Gasteiger partial charge in [-0.3, -0.25) is 9.59 Å². The third-order valence-corrected chi connectivity index (χ3v) is 3.71. The zero-order chi connectivity index (χ0) is 23.1. The molecule has 12 heteroatoms. The first-order valence-electron chi connectivity index (χ1n) is 8.58. The lowest BCUT2D eigenvalue weighted by Gasteiger charge is -2.21. The molecule has 0 aliphatic heterocycles. The molecular weight excluding hydrogens is 477 g/mol. The van der Waals surface area contributed by atoms with E-state index in [1.54, 1.807) is 20.8 Å². The minimum atomic E-state index is -4.92. The first-order valence-corrected chi connectivity index (χ1v) is 9.37. The van der Waals surface area contributed by atoms with Gasteiger partial charge in [0, 0.05) is 4.47 Å². The highest BCUT2D eigenvalue weighted by atomic mass is 79.9. The topological polar surface area (TPSA) is 103 Å². The summed E-state index contributed by atoms with van der Waals surface area (Å²) in [6.45, 7) is 4.46. The highest BCUT2D eigenvalue weighted by molar-refractivity contribution is 9.10. The van der Waals surface area contributed by atoms with Crippen molar-refractivity contribution in [3.63, 3.8) is 0 Å². The molecule has 0 bridgehead atoms. The van der Waals surface area contributed by atoms with Crippen LogP contribution in [-0.4, -0.2) is 43.6 Å². The van der Waals surface area contributed by atoms with Gasteiger partial charge in [-0.1, -0.05) is 15.9 Å². The van der Waals surface area contributed by atoms with Gasteiger partial charge in [-0.15, -0.1) is 13.2 Å². The minimum Gasteiger partial charge on any atom is -0.469 e. The fourth-order valence-corrected chi connectivity index (χ4v) is 2.68. The number of ether oxygens (including phenoxy) is 3. The van der Waals surface area contributed by atoms with Crippen molar-refractivity contribution >= 4 is 33.9 Å². The lowest BCUT2D eigenvalue weighted by Crippen LogP contribution is -2.41. The summed E-state index contributed by atoms with van der Waals surface area (Å²) < 4.78 is 51.3. The summed E-state index contributed by atoms with van der Waals surface area (Å²) in [4.78, 5) is 35.6. The number of hydrogen-bond acceptors (Lipinski definition) is 6. The molecule has 0 spiro atoms. The van der Waals surface area contributed by atoms with Gasteiger partial charge in [0.15, 0.2) is 0 Å². The van der Waals surface area contributed by atoms with Gasteiger partial charge in [0.1, 0.15) is 17.9 Å². The Morgan fingerprint density at radius 1 is 1.13 bits per heavy atom. The lowest BCUT2D eigenvalue weighted by atomic mass is 10.0. The fraction of sp³-hybridized carbons (Fsp3) is 0.500. The van der Waals surface area contributed by atoms with E-state index in [0.29, 0.717) is 0 Å². The SMILES string of the molecule is COC(=O)C[C@H](NC(=O)CNC(=O)OC(C)(C)C)c1cc(Br)cc(OC(F)(F)F)c1. The molecule has 0 aliphatic carbocycles. The Labute approximate surface area is 179 Å². The predicted octanol–water partition coefficient (Wildman–Crippen LogP) is 3.59. The van der Waals surface area contributed by atoms with E-state index in [1.165, 1.54) is 6.07 Å². The van der Waals surface area contributed by atoms with Crippen molar-refractivity contribution < 1.29 is 41.8 Å². The standard InChI is InChI=1S/C18H22BrF3N2O6/c1-17(2,3)30-16(27)23-9-14(25)24-13(8-15(26)28-4)10-5-11(19)7-12(6-10)29-18(20,21)22/h5-7,13H,8-9H2,1-4H3,(H,23,27)(H,24,25)/t13-/m0/s1. The molecule has 1 atom stereocenters. The Hall–Kier alpha value is -2.50. The number of carbonyl (C=O) groups excluding carboxylic acids is 3. The molecule has 0 aromatic heterocycles. The second-order valence-corrected chi connectivity index (χ2v) is 7.94. The van der Waals surface area contributed by atoms with E-state index in [1.807, 2.05) is 0 Å². The molecule has 0 heterocycles. The van der Waals surface area contributed by atoms with Crippen molar-refractivity contribution in [2.45, 2.75) is 45.2 Å². The monoisotopic (exact) mass is 498 g/mol. The molecule has 0 unspecified atom stereocenters. The van der Waals surface area contributed by atoms with E-state index >= 15 is 0 Å². The molecule has 30 heavy (non-hydrogen) atoms. The molecule has 1 aromatic rings. The fourth-order valence-electron chi connectivity index (χ4n) is 2.19. The molecule has 0 saturated carbocycles. The Balaban J connectivity index is 2.96. The normalized spacial score (nSPS) is 12.5. The number of methoxy groups -OCH3 is 1. The zero-order valence-corrected chi connectivity index (χ0v) is 18.3. The molecule has 0 aliphatic rings. The lowest BCUT2D eigenvalue weighted by molar-refractivity contribution is -0.274. The van der Waals surface area contributed by atoms with Crippen LogP contribution in [0.1, 0.15) is 38.8 Å². The van der Waals surface area contributed by atoms with Crippen molar-refractivity contribution in [1.29, 1.82) is 0 Å². The number of rotatable bonds is 7. The third-order valence-electron chi connectivity index (χ3n) is 3.26. The summed E-state index contributed by atoms with van der Waals surface area (Å²) >= 11 is 3.07. The van der Waals surface area contributed by atoms with Gasteiger partial charge in [-0.05, 0) is 44.5 Å². The second-order valence-electron chi connectivity index (χ2n) is 7.02. The number of alkyl halides is 3. The summed E-state index contributed by atoms with van der Waals surface area (Å²) in [5, 5.41) is 4.71. The van der Waals surface area contributed by atoms with E-state index in [9.17, 15) is 27.6 Å². The van der Waals surface area contributed by atoms with Crippen molar-refractivity contribution in [1.82, 2.24) is 10.6 Å². The van der Waals surface area contributed by atoms with Gasteiger partial charge in [-0.2, -0.15) is 0 Å². The van der Waals surface area contributed by atoms with Gasteiger partial charge < -0.3 is 24.8 Å². The molecule has 0 fully saturated rings. The first-order chi connectivity index (χ1) is 13.7. The molecule has 8 nitrogen and oxygen atoms in total. The summed E-state index contributed by atoms with van der Waals surface area (Å²) in [6.07, 6.45) is -6.11. The van der Waals surface area contributed by atoms with Crippen LogP contribution in [0.3, 0.4) is 0 Å². The van der Waals surface area contributed by atoms with Gasteiger partial charge in [-0.25, -0.2) is 4.79 Å². The summed E-state index contributed by atoms with van der Waals surface area (Å²) in [5.74, 6) is -1.95.